The van der Waals surface area contributed by atoms with E-state index in [1.807, 2.05) is 16.8 Å². The van der Waals surface area contributed by atoms with Gasteiger partial charge >= 0.3 is 0 Å². The van der Waals surface area contributed by atoms with Crippen LogP contribution in [0.2, 0.25) is 5.02 Å². The highest BCUT2D eigenvalue weighted by molar-refractivity contribution is 6.37. The van der Waals surface area contributed by atoms with E-state index in [0.29, 0.717) is 16.5 Å². The predicted octanol–water partition coefficient (Wildman–Crippen LogP) is 4.46. The van der Waals surface area contributed by atoms with Gasteiger partial charge in [0.2, 0.25) is 0 Å². The molecule has 3 aromatic rings. The molecule has 0 radical (unpaired) electrons. The van der Waals surface area contributed by atoms with Crippen LogP contribution in [0, 0.1) is 5.92 Å². The van der Waals surface area contributed by atoms with Crippen molar-refractivity contribution >= 4 is 22.6 Å². The standard InChI is InChI=1S/C18H16ClF2N3O/c19-15-13(11-3-5-12(6-4-11)17(25)18(20)21)7-8-14-16(15)22-23-24(14)9-10-1-2-10/h3-8,10,17-18,25H,1-2,9H2. The monoisotopic (exact) mass is 363 g/mol. The molecule has 7 heteroatoms. The molecule has 0 bridgehead atoms. The second-order valence-corrected chi connectivity index (χ2v) is 6.79. The van der Waals surface area contributed by atoms with Crippen molar-refractivity contribution in [1.82, 2.24) is 15.0 Å². The number of benzene rings is 2. The van der Waals surface area contributed by atoms with E-state index in [9.17, 15) is 13.9 Å². The van der Waals surface area contributed by atoms with Gasteiger partial charge in [0.1, 0.15) is 11.6 Å². The van der Waals surface area contributed by atoms with Crippen LogP contribution in [0.25, 0.3) is 22.2 Å². The Morgan fingerprint density at radius 1 is 1.16 bits per heavy atom. The molecule has 1 aliphatic carbocycles. The molecule has 1 heterocycles. The van der Waals surface area contributed by atoms with E-state index in [-0.39, 0.29) is 5.56 Å². The molecule has 4 rings (SSSR count). The van der Waals surface area contributed by atoms with Crippen LogP contribution in [0.3, 0.4) is 0 Å². The highest BCUT2D eigenvalue weighted by Gasteiger charge is 2.24. The fraction of sp³-hybridized carbons (Fsp3) is 0.333. The van der Waals surface area contributed by atoms with Crippen LogP contribution in [0.15, 0.2) is 36.4 Å². The van der Waals surface area contributed by atoms with Gasteiger partial charge in [-0.25, -0.2) is 13.5 Å². The quantitative estimate of drug-likeness (QED) is 0.728. The van der Waals surface area contributed by atoms with Crippen LogP contribution in [-0.2, 0) is 6.54 Å². The Bertz CT molecular complexity index is 907. The molecule has 1 aliphatic rings. The van der Waals surface area contributed by atoms with Gasteiger partial charge in [-0.2, -0.15) is 0 Å². The molecule has 1 saturated carbocycles. The first kappa shape index (κ1) is 16.4. The van der Waals surface area contributed by atoms with Gasteiger partial charge in [0.25, 0.3) is 6.43 Å². The molecule has 0 aliphatic heterocycles. The van der Waals surface area contributed by atoms with Crippen molar-refractivity contribution in [2.24, 2.45) is 5.92 Å². The topological polar surface area (TPSA) is 50.9 Å². The van der Waals surface area contributed by atoms with Gasteiger partial charge in [0, 0.05) is 12.1 Å². The van der Waals surface area contributed by atoms with Gasteiger partial charge in [-0.15, -0.1) is 5.10 Å². The van der Waals surface area contributed by atoms with E-state index in [1.54, 1.807) is 12.1 Å². The van der Waals surface area contributed by atoms with Gasteiger partial charge < -0.3 is 5.11 Å². The largest absolute Gasteiger partial charge is 0.382 e. The summed E-state index contributed by atoms with van der Waals surface area (Å²) in [5.74, 6) is 0.678. The number of alkyl halides is 2. The number of hydrogen-bond acceptors (Lipinski definition) is 3. The molecule has 0 saturated heterocycles. The van der Waals surface area contributed by atoms with Crippen LogP contribution in [0.5, 0.6) is 0 Å². The first-order chi connectivity index (χ1) is 12.0. The third-order valence-electron chi connectivity index (χ3n) is 4.56. The van der Waals surface area contributed by atoms with Gasteiger partial charge in [-0.3, -0.25) is 0 Å². The number of nitrogens with zero attached hydrogens (tertiary/aromatic N) is 3. The molecule has 2 aromatic carbocycles. The van der Waals surface area contributed by atoms with Crippen molar-refractivity contribution in [2.75, 3.05) is 0 Å². The fourth-order valence-corrected chi connectivity index (χ4v) is 3.22. The Morgan fingerprint density at radius 2 is 1.88 bits per heavy atom. The lowest BCUT2D eigenvalue weighted by atomic mass is 10.0. The van der Waals surface area contributed by atoms with E-state index in [4.69, 9.17) is 11.6 Å². The van der Waals surface area contributed by atoms with E-state index in [2.05, 4.69) is 10.3 Å². The zero-order valence-electron chi connectivity index (χ0n) is 13.2. The summed E-state index contributed by atoms with van der Waals surface area (Å²) >= 11 is 6.51. The van der Waals surface area contributed by atoms with Crippen LogP contribution in [-0.4, -0.2) is 26.5 Å². The number of aliphatic hydroxyl groups excluding tert-OH is 1. The molecular formula is C18H16ClF2N3O. The summed E-state index contributed by atoms with van der Waals surface area (Å²) in [5, 5.41) is 18.3. The molecule has 1 aromatic heterocycles. The predicted molar refractivity (Wildman–Crippen MR) is 91.7 cm³/mol. The fourth-order valence-electron chi connectivity index (χ4n) is 2.91. The summed E-state index contributed by atoms with van der Waals surface area (Å²) in [6.45, 7) is 0.854. The Labute approximate surface area is 148 Å². The number of hydrogen-bond donors (Lipinski definition) is 1. The van der Waals surface area contributed by atoms with Crippen molar-refractivity contribution in [1.29, 1.82) is 0 Å². The minimum Gasteiger partial charge on any atom is -0.382 e. The van der Waals surface area contributed by atoms with Crippen molar-refractivity contribution in [3.8, 4) is 11.1 Å². The molecule has 4 nitrogen and oxygen atoms in total. The average Bonchev–Trinajstić information content (AvgIpc) is 3.33. The Morgan fingerprint density at radius 3 is 2.52 bits per heavy atom. The average molecular weight is 364 g/mol. The minimum atomic E-state index is -2.81. The zero-order chi connectivity index (χ0) is 17.6. The molecule has 130 valence electrons. The minimum absolute atomic E-state index is 0.173. The first-order valence-electron chi connectivity index (χ1n) is 8.13. The highest BCUT2D eigenvalue weighted by atomic mass is 35.5. The SMILES string of the molecule is OC(c1ccc(-c2ccc3c(nnn3CC3CC3)c2Cl)cc1)C(F)F. The van der Waals surface area contributed by atoms with E-state index in [0.717, 1.165) is 23.2 Å². The number of halogens is 3. The van der Waals surface area contributed by atoms with Crippen LogP contribution in [0.4, 0.5) is 8.78 Å². The molecule has 1 atom stereocenters. The van der Waals surface area contributed by atoms with E-state index < -0.39 is 12.5 Å². The number of aromatic nitrogens is 3. The summed E-state index contributed by atoms with van der Waals surface area (Å²) in [7, 11) is 0. The second kappa shape index (κ2) is 6.35. The molecule has 1 fully saturated rings. The van der Waals surface area contributed by atoms with E-state index in [1.165, 1.54) is 25.0 Å². The van der Waals surface area contributed by atoms with Gasteiger partial charge in [0.15, 0.2) is 0 Å². The Hall–Kier alpha value is -2.05. The molecular weight excluding hydrogens is 348 g/mol. The maximum absolute atomic E-state index is 12.6. The molecule has 1 unspecified atom stereocenters. The van der Waals surface area contributed by atoms with Crippen molar-refractivity contribution in [3.63, 3.8) is 0 Å². The lowest BCUT2D eigenvalue weighted by Crippen LogP contribution is -2.07. The van der Waals surface area contributed by atoms with E-state index >= 15 is 0 Å². The lowest BCUT2D eigenvalue weighted by Gasteiger charge is -2.11. The third-order valence-corrected chi connectivity index (χ3v) is 4.94. The third kappa shape index (κ3) is 3.12. The summed E-state index contributed by atoms with van der Waals surface area (Å²) in [6, 6.07) is 10.1. The normalized spacial score (nSPS) is 15.9. The number of rotatable bonds is 5. The molecule has 0 spiro atoms. The Balaban J connectivity index is 1.68. The zero-order valence-corrected chi connectivity index (χ0v) is 14.0. The van der Waals surface area contributed by atoms with Gasteiger partial charge in [-0.05, 0) is 36.0 Å². The summed E-state index contributed by atoms with van der Waals surface area (Å²) < 4.78 is 27.0. The van der Waals surface area contributed by atoms with Crippen molar-refractivity contribution in [2.45, 2.75) is 31.9 Å². The maximum Gasteiger partial charge on any atom is 0.268 e. The molecule has 0 amide bonds. The summed E-state index contributed by atoms with van der Waals surface area (Å²) in [5.41, 5.74) is 3.23. The molecule has 25 heavy (non-hydrogen) atoms. The van der Waals surface area contributed by atoms with Crippen LogP contribution < -0.4 is 0 Å². The second-order valence-electron chi connectivity index (χ2n) is 6.41. The first-order valence-corrected chi connectivity index (χ1v) is 8.50. The van der Waals surface area contributed by atoms with Crippen LogP contribution >= 0.6 is 11.6 Å². The molecule has 1 N–H and O–H groups in total. The Kier molecular flexibility index (Phi) is 4.17. The van der Waals surface area contributed by atoms with Crippen molar-refractivity contribution in [3.05, 3.63) is 47.0 Å². The number of fused-ring (bicyclic) bond motifs is 1. The van der Waals surface area contributed by atoms with Crippen molar-refractivity contribution < 1.29 is 13.9 Å². The smallest absolute Gasteiger partial charge is 0.268 e. The number of aliphatic hydroxyl groups is 1. The van der Waals surface area contributed by atoms with Crippen LogP contribution in [0.1, 0.15) is 24.5 Å². The lowest BCUT2D eigenvalue weighted by molar-refractivity contribution is -0.00577. The summed E-state index contributed by atoms with van der Waals surface area (Å²) in [4.78, 5) is 0. The van der Waals surface area contributed by atoms with Gasteiger partial charge in [-0.1, -0.05) is 47.1 Å². The maximum atomic E-state index is 12.6. The van der Waals surface area contributed by atoms with Gasteiger partial charge in [0.05, 0.1) is 10.5 Å². The highest BCUT2D eigenvalue weighted by Crippen LogP contribution is 2.36. The summed E-state index contributed by atoms with van der Waals surface area (Å²) in [6.07, 6.45) is -2.14.